The fraction of sp³-hybridized carbons (Fsp3) is 0.772. The van der Waals surface area contributed by atoms with Crippen LogP contribution in [0.1, 0.15) is 283 Å². The molecule has 616 valence electrons. The van der Waals surface area contributed by atoms with Crippen LogP contribution in [0.2, 0.25) is 0 Å². The van der Waals surface area contributed by atoms with Crippen LogP contribution in [0.25, 0.3) is 0 Å². The van der Waals surface area contributed by atoms with E-state index >= 15 is 0 Å². The number of carbonyl (C=O) groups is 3. The highest BCUT2D eigenvalue weighted by Crippen LogP contribution is 2.75. The van der Waals surface area contributed by atoms with E-state index in [-0.39, 0.29) is 87.3 Å². The van der Waals surface area contributed by atoms with Gasteiger partial charge in [-0.2, -0.15) is 0 Å². The summed E-state index contributed by atoms with van der Waals surface area (Å²) in [6.45, 7) is 46.0. The van der Waals surface area contributed by atoms with Gasteiger partial charge in [-0.05, 0) is 326 Å². The quantitative estimate of drug-likeness (QED) is 0.154. The van der Waals surface area contributed by atoms with E-state index in [2.05, 4.69) is 146 Å². The summed E-state index contributed by atoms with van der Waals surface area (Å²) in [4.78, 5) is 35.8. The number of aliphatic hydroxyl groups excluding tert-OH is 4. The van der Waals surface area contributed by atoms with Crippen molar-refractivity contribution in [3.63, 3.8) is 0 Å². The molecule has 19 aliphatic rings. The SMILES string of the molecule is C=C(C)C1=CC[C@H]2[C@@H]3C=CC4=CC(=O)CC[C@]4(C)[C@H]3C[C@@H](O)[C@]12C.C=C(C)C1=CC[C@H]2[C@@H]3CCC4=CC(=O)CC[C@]4(C)[C@H]3C[C@@H](O)[C@]12C.C=C(CC[C@@H](C)[C@H]1CC[C@H]2[C@@H]3CCC4=CC(=O)CC[C@]4(C)[C@H]3CC[C@]12C)C(C)C.CC1OC(O[C@H]2CC[C@@]3(C)C(=CC[C@@H]4[C@@H]3CC[C@]3(C)[C@H]5[C@@H]6CC[C@H]5O[C@]43OC6)C2)CC(CO)C1O. The number of hydrogen-bond donors (Lipinski definition) is 4. The van der Waals surface area contributed by atoms with Gasteiger partial charge in [-0.1, -0.05) is 160 Å². The van der Waals surface area contributed by atoms with E-state index in [9.17, 15) is 34.8 Å². The van der Waals surface area contributed by atoms with Crippen molar-refractivity contribution in [2.75, 3.05) is 13.2 Å². The molecule has 3 saturated heterocycles. The molecule has 2 bridgehead atoms. The summed E-state index contributed by atoms with van der Waals surface area (Å²) in [5, 5.41) is 42.3. The van der Waals surface area contributed by atoms with Crippen LogP contribution in [0.4, 0.5) is 0 Å². The van der Waals surface area contributed by atoms with Gasteiger partial charge in [0.1, 0.15) is 0 Å². The Hall–Kier alpha value is -3.91. The third kappa shape index (κ3) is 12.8. The Morgan fingerprint density at radius 2 is 1.18 bits per heavy atom. The van der Waals surface area contributed by atoms with Crippen molar-refractivity contribution in [1.29, 1.82) is 0 Å². The molecule has 9 saturated carbocycles. The maximum absolute atomic E-state index is 12.0. The third-order valence-corrected chi connectivity index (χ3v) is 38.3. The topological polar surface area (TPSA) is 169 Å². The molecule has 3 aliphatic heterocycles. The van der Waals surface area contributed by atoms with Gasteiger partial charge in [0.25, 0.3) is 0 Å². The largest absolute Gasteiger partial charge is 0.396 e. The summed E-state index contributed by atoms with van der Waals surface area (Å²) < 4.78 is 26.2. The number of rotatable bonds is 10. The van der Waals surface area contributed by atoms with Crippen LogP contribution < -0.4 is 0 Å². The molecule has 0 spiro atoms. The van der Waals surface area contributed by atoms with E-state index in [1.54, 1.807) is 5.57 Å². The Morgan fingerprint density at radius 1 is 0.589 bits per heavy atom. The van der Waals surface area contributed by atoms with Crippen molar-refractivity contribution < 1.29 is 53.8 Å². The van der Waals surface area contributed by atoms with E-state index in [0.29, 0.717) is 113 Å². The molecule has 112 heavy (non-hydrogen) atoms. The Bertz CT molecular complexity index is 3970. The summed E-state index contributed by atoms with van der Waals surface area (Å²) in [5.74, 6) is 10.8. The summed E-state index contributed by atoms with van der Waals surface area (Å²) in [6, 6.07) is 0. The molecule has 19 rings (SSSR count). The molecular formula is C101H146O11. The van der Waals surface area contributed by atoms with Crippen LogP contribution in [0, 0.1) is 144 Å². The van der Waals surface area contributed by atoms with Crippen molar-refractivity contribution in [3.05, 3.63) is 119 Å². The zero-order chi connectivity index (χ0) is 79.7. The Balaban J connectivity index is 0.000000114. The molecule has 4 N–H and O–H groups in total. The van der Waals surface area contributed by atoms with Crippen LogP contribution in [0.15, 0.2) is 119 Å². The minimum absolute atomic E-state index is 0.0288. The minimum atomic E-state index is -0.626. The molecule has 0 aromatic heterocycles. The molecule has 12 fully saturated rings. The maximum Gasteiger partial charge on any atom is 0.177 e. The lowest BCUT2D eigenvalue weighted by Crippen LogP contribution is -2.65. The fourth-order valence-electron chi connectivity index (χ4n) is 31.6. The van der Waals surface area contributed by atoms with Crippen LogP contribution in [-0.4, -0.2) is 99.7 Å². The van der Waals surface area contributed by atoms with Crippen molar-refractivity contribution in [2.45, 2.75) is 332 Å². The van der Waals surface area contributed by atoms with Crippen LogP contribution >= 0.6 is 0 Å². The number of hydrogen-bond acceptors (Lipinski definition) is 11. The Labute approximate surface area is 674 Å². The van der Waals surface area contributed by atoms with Crippen molar-refractivity contribution in [1.82, 2.24) is 0 Å². The van der Waals surface area contributed by atoms with Gasteiger partial charge < -0.3 is 39.4 Å². The predicted molar refractivity (Wildman–Crippen MR) is 444 cm³/mol. The number of fused-ring (bicyclic) bond motifs is 18. The van der Waals surface area contributed by atoms with E-state index < -0.39 is 6.10 Å². The first kappa shape index (κ1) is 81.8. The van der Waals surface area contributed by atoms with Crippen molar-refractivity contribution in [3.8, 4) is 0 Å². The number of allylic oxidation sites excluding steroid dienone is 13. The molecular weight excluding hydrogens is 1390 g/mol. The molecule has 0 radical (unpaired) electrons. The van der Waals surface area contributed by atoms with E-state index in [0.717, 1.165) is 131 Å². The molecule has 16 aliphatic carbocycles. The highest BCUT2D eigenvalue weighted by molar-refractivity contribution is 5.93. The van der Waals surface area contributed by atoms with Gasteiger partial charge in [0.2, 0.25) is 0 Å². The summed E-state index contributed by atoms with van der Waals surface area (Å²) in [7, 11) is 0. The van der Waals surface area contributed by atoms with Crippen LogP contribution in [0.5, 0.6) is 0 Å². The molecule has 11 nitrogen and oxygen atoms in total. The number of carbonyl (C=O) groups excluding carboxylic acids is 3. The molecule has 11 heteroatoms. The second kappa shape index (κ2) is 29.8. The van der Waals surface area contributed by atoms with Crippen molar-refractivity contribution in [2.24, 2.45) is 144 Å². The smallest absolute Gasteiger partial charge is 0.177 e. The molecule has 0 aromatic carbocycles. The van der Waals surface area contributed by atoms with E-state index in [1.807, 2.05) is 19.1 Å². The molecule has 32 atom stereocenters. The highest BCUT2D eigenvalue weighted by atomic mass is 16.7. The summed E-state index contributed by atoms with van der Waals surface area (Å²) in [6.07, 6.45) is 47.8. The number of ether oxygens (including phenoxy) is 4. The van der Waals surface area contributed by atoms with Gasteiger partial charge in [0.15, 0.2) is 29.4 Å². The zero-order valence-corrected chi connectivity index (χ0v) is 71.7. The zero-order valence-electron chi connectivity index (χ0n) is 71.7. The summed E-state index contributed by atoms with van der Waals surface area (Å²) in [5.41, 5.74) is 12.9. The maximum atomic E-state index is 12.0. The van der Waals surface area contributed by atoms with Crippen molar-refractivity contribution >= 4 is 17.3 Å². The second-order valence-corrected chi connectivity index (χ2v) is 43.5. The first-order valence-corrected chi connectivity index (χ1v) is 45.8. The summed E-state index contributed by atoms with van der Waals surface area (Å²) >= 11 is 0. The Morgan fingerprint density at radius 3 is 1.83 bits per heavy atom. The standard InChI is InChI=1S/C29H44O6.C28H44O.C22H30O2.C22H28O2/c1-16-26(31)18(14-30)12-24(33-16)34-20-8-10-27(2)19(13-20)5-6-22-21(27)9-11-28(3)25-17-4-7-23(25)35-29(22,28)32-15-17;1-18(2)19(3)7-8-20(4)24-11-12-25-23-10-9-21-17-22(29)13-15-27(21,5)26(23)14-16-28(24,25)6;2*1-13(2)17-7-8-18-16-6-5-14-11-15(23)9-10-21(14,3)19(16)12-20(24)22(17,18)4/h5,16-18,20-26,30-31H,4,6-15H2,1-3H3;17-18,20,23-26H,3,7-16H2,1-2,4-6H3;7,11,16,18-20,24H,1,5-6,8-10,12H2,2-4H3;5-7,11,16,18-20,24H,1,8-10,12H2,2-4H3/t16?,17-,18?,20+,21+,22-,23-,24?,25+,26?,27+,28-,29-;20-,23+,24-,25+,26+,27+,28-;2*16-,18-,19-,20+,21-,22+/m1100/s1. The van der Waals surface area contributed by atoms with Gasteiger partial charge in [0.05, 0.1) is 43.2 Å². The monoisotopic (exact) mass is 1540 g/mol. The first-order chi connectivity index (χ1) is 53.0. The molecule has 4 unspecified atom stereocenters. The minimum Gasteiger partial charge on any atom is -0.396 e. The van der Waals surface area contributed by atoms with Crippen LogP contribution in [-0.2, 0) is 33.3 Å². The fourth-order valence-corrected chi connectivity index (χ4v) is 31.6. The van der Waals surface area contributed by atoms with Gasteiger partial charge in [-0.3, -0.25) is 14.4 Å². The lowest BCUT2D eigenvalue weighted by molar-refractivity contribution is -0.345. The average Bonchev–Trinajstić information content (AvgIpc) is 1.48. The molecule has 0 amide bonds. The molecule has 0 aromatic rings. The number of aliphatic hydroxyl groups is 4. The van der Waals surface area contributed by atoms with Gasteiger partial charge in [-0.15, -0.1) is 0 Å². The lowest BCUT2D eigenvalue weighted by atomic mass is 9.46. The molecule has 3 heterocycles. The number of ketones is 3. The lowest BCUT2D eigenvalue weighted by Gasteiger charge is -2.63. The third-order valence-electron chi connectivity index (χ3n) is 38.3. The van der Waals surface area contributed by atoms with Gasteiger partial charge in [0, 0.05) is 66.3 Å². The highest BCUT2D eigenvalue weighted by Gasteiger charge is 2.76. The van der Waals surface area contributed by atoms with E-state index in [4.69, 9.17) is 18.9 Å². The predicted octanol–water partition coefficient (Wildman–Crippen LogP) is 20.9. The van der Waals surface area contributed by atoms with Crippen LogP contribution in [0.3, 0.4) is 0 Å². The Kier molecular flexibility index (Phi) is 21.8. The first-order valence-electron chi connectivity index (χ1n) is 45.8. The van der Waals surface area contributed by atoms with Gasteiger partial charge in [-0.25, -0.2) is 0 Å². The van der Waals surface area contributed by atoms with E-state index in [1.165, 1.54) is 117 Å². The second-order valence-electron chi connectivity index (χ2n) is 43.5. The average molecular weight is 1540 g/mol. The van der Waals surface area contributed by atoms with Gasteiger partial charge >= 0.3 is 0 Å². The normalized spacial score (nSPS) is 49.5.